The first-order valence-corrected chi connectivity index (χ1v) is 13.0. The number of rotatable bonds is 8. The van der Waals surface area contributed by atoms with E-state index < -0.39 is 10.0 Å². The molecule has 1 atom stereocenters. The van der Waals surface area contributed by atoms with Crippen molar-refractivity contribution in [3.63, 3.8) is 0 Å². The fraction of sp³-hybridized carbons (Fsp3) is 0.308. The maximum atomic E-state index is 13.0. The number of ether oxygens (including phenoxy) is 2. The van der Waals surface area contributed by atoms with Gasteiger partial charge in [0, 0.05) is 43.0 Å². The SMILES string of the molecule is COc1cccc(Oc2ccc(CNC(=O)c3ccc(S(=O)(=O)N4CCCCC4C)cc3)cn2)c1. The Kier molecular flexibility index (Phi) is 7.67. The summed E-state index contributed by atoms with van der Waals surface area (Å²) in [6.07, 6.45) is 4.40. The molecule has 1 amide bonds. The molecule has 0 spiro atoms. The lowest BCUT2D eigenvalue weighted by Gasteiger charge is -2.32. The van der Waals surface area contributed by atoms with Gasteiger partial charge in [-0.05, 0) is 61.7 Å². The van der Waals surface area contributed by atoms with Gasteiger partial charge in [-0.1, -0.05) is 18.6 Å². The van der Waals surface area contributed by atoms with E-state index in [0.29, 0.717) is 29.5 Å². The van der Waals surface area contributed by atoms with E-state index in [4.69, 9.17) is 9.47 Å². The smallest absolute Gasteiger partial charge is 0.251 e. The van der Waals surface area contributed by atoms with Crippen LogP contribution in [0.5, 0.6) is 17.4 Å². The number of pyridine rings is 1. The van der Waals surface area contributed by atoms with Crippen molar-refractivity contribution in [2.24, 2.45) is 0 Å². The summed E-state index contributed by atoms with van der Waals surface area (Å²) in [5, 5.41) is 2.83. The lowest BCUT2D eigenvalue weighted by atomic mass is 10.1. The van der Waals surface area contributed by atoms with Gasteiger partial charge in [0.05, 0.1) is 12.0 Å². The Bertz CT molecular complexity index is 1260. The van der Waals surface area contributed by atoms with Gasteiger partial charge in [0.25, 0.3) is 5.91 Å². The molecule has 1 N–H and O–H groups in total. The van der Waals surface area contributed by atoms with E-state index in [1.807, 2.05) is 31.2 Å². The van der Waals surface area contributed by atoms with Crippen molar-refractivity contribution >= 4 is 15.9 Å². The molecule has 3 aromatic rings. The van der Waals surface area contributed by atoms with E-state index in [-0.39, 0.29) is 23.4 Å². The molecule has 0 saturated carbocycles. The second kappa shape index (κ2) is 10.9. The predicted octanol–water partition coefficient (Wildman–Crippen LogP) is 4.38. The summed E-state index contributed by atoms with van der Waals surface area (Å²) in [6, 6.07) is 16.8. The van der Waals surface area contributed by atoms with Crippen LogP contribution in [-0.4, -0.2) is 43.3 Å². The molecule has 2 heterocycles. The van der Waals surface area contributed by atoms with Crippen molar-refractivity contribution in [1.29, 1.82) is 0 Å². The first kappa shape index (κ1) is 24.7. The van der Waals surface area contributed by atoms with Crippen LogP contribution in [0.25, 0.3) is 0 Å². The van der Waals surface area contributed by atoms with Crippen LogP contribution in [-0.2, 0) is 16.6 Å². The topological polar surface area (TPSA) is 97.8 Å². The Hall–Kier alpha value is -3.43. The number of hydrogen-bond donors (Lipinski definition) is 1. The van der Waals surface area contributed by atoms with Crippen LogP contribution in [0.1, 0.15) is 42.1 Å². The van der Waals surface area contributed by atoms with Crippen molar-refractivity contribution < 1.29 is 22.7 Å². The molecule has 1 aliphatic heterocycles. The molecule has 1 aromatic heterocycles. The Morgan fingerprint density at radius 2 is 1.86 bits per heavy atom. The molecular formula is C26H29N3O5S. The molecule has 35 heavy (non-hydrogen) atoms. The molecule has 9 heteroatoms. The van der Waals surface area contributed by atoms with Crippen molar-refractivity contribution in [2.75, 3.05) is 13.7 Å². The van der Waals surface area contributed by atoms with Gasteiger partial charge in [-0.2, -0.15) is 4.31 Å². The first-order valence-electron chi connectivity index (χ1n) is 11.5. The van der Waals surface area contributed by atoms with Crippen LogP contribution in [0.4, 0.5) is 0 Å². The summed E-state index contributed by atoms with van der Waals surface area (Å²) in [6.45, 7) is 2.74. The van der Waals surface area contributed by atoms with E-state index in [1.54, 1.807) is 41.9 Å². The number of methoxy groups -OCH3 is 1. The van der Waals surface area contributed by atoms with Crippen LogP contribution in [0, 0.1) is 0 Å². The molecule has 1 aliphatic rings. The summed E-state index contributed by atoms with van der Waals surface area (Å²) < 4.78 is 38.4. The Balaban J connectivity index is 1.33. The number of nitrogens with zero attached hydrogens (tertiary/aromatic N) is 2. The monoisotopic (exact) mass is 495 g/mol. The van der Waals surface area contributed by atoms with Crippen LogP contribution in [0.3, 0.4) is 0 Å². The van der Waals surface area contributed by atoms with Crippen molar-refractivity contribution in [3.05, 3.63) is 78.0 Å². The van der Waals surface area contributed by atoms with Crippen molar-refractivity contribution in [3.8, 4) is 17.4 Å². The summed E-state index contributed by atoms with van der Waals surface area (Å²) in [5.74, 6) is 1.43. The maximum absolute atomic E-state index is 13.0. The van der Waals surface area contributed by atoms with Gasteiger partial charge in [0.1, 0.15) is 11.5 Å². The van der Waals surface area contributed by atoms with E-state index in [1.165, 1.54) is 12.1 Å². The molecule has 4 rings (SSSR count). The van der Waals surface area contributed by atoms with Gasteiger partial charge < -0.3 is 14.8 Å². The van der Waals surface area contributed by atoms with E-state index >= 15 is 0 Å². The number of sulfonamides is 1. The fourth-order valence-electron chi connectivity index (χ4n) is 3.99. The highest BCUT2D eigenvalue weighted by Gasteiger charge is 2.30. The van der Waals surface area contributed by atoms with Crippen molar-refractivity contribution in [2.45, 2.75) is 43.7 Å². The van der Waals surface area contributed by atoms with Gasteiger partial charge in [0.15, 0.2) is 0 Å². The van der Waals surface area contributed by atoms with Crippen LogP contribution < -0.4 is 14.8 Å². The van der Waals surface area contributed by atoms with Crippen LogP contribution in [0.2, 0.25) is 0 Å². The number of amides is 1. The quantitative estimate of drug-likeness (QED) is 0.498. The minimum Gasteiger partial charge on any atom is -0.497 e. The first-order chi connectivity index (χ1) is 16.9. The zero-order valence-corrected chi connectivity index (χ0v) is 20.6. The number of aromatic nitrogens is 1. The lowest BCUT2D eigenvalue weighted by Crippen LogP contribution is -2.41. The largest absolute Gasteiger partial charge is 0.497 e. The molecule has 8 nitrogen and oxygen atoms in total. The summed E-state index contributed by atoms with van der Waals surface area (Å²) >= 11 is 0. The third kappa shape index (κ3) is 5.98. The van der Waals surface area contributed by atoms with Gasteiger partial charge in [-0.25, -0.2) is 13.4 Å². The van der Waals surface area contributed by atoms with Crippen LogP contribution >= 0.6 is 0 Å². The molecule has 0 aliphatic carbocycles. The Labute approximate surface area is 206 Å². The fourth-order valence-corrected chi connectivity index (χ4v) is 5.69. The number of hydrogen-bond acceptors (Lipinski definition) is 6. The third-order valence-corrected chi connectivity index (χ3v) is 8.01. The van der Waals surface area contributed by atoms with E-state index in [9.17, 15) is 13.2 Å². The Morgan fingerprint density at radius 1 is 1.09 bits per heavy atom. The summed E-state index contributed by atoms with van der Waals surface area (Å²) in [7, 11) is -1.98. The number of carbonyl (C=O) groups is 1. The minimum absolute atomic E-state index is 0.0161. The number of nitrogens with one attached hydrogen (secondary N) is 1. The normalized spacial score (nSPS) is 16.5. The standard InChI is InChI=1S/C26H29N3O5S/c1-19-6-3-4-15-29(19)35(31,32)24-12-10-21(11-13-24)26(30)28-18-20-9-14-25(27-17-20)34-23-8-5-7-22(16-23)33-2/h5,7-14,16-17,19H,3-4,6,15,18H2,1-2H3,(H,28,30). The average molecular weight is 496 g/mol. The zero-order chi connectivity index (χ0) is 24.8. The highest BCUT2D eigenvalue weighted by molar-refractivity contribution is 7.89. The molecule has 1 saturated heterocycles. The summed E-state index contributed by atoms with van der Waals surface area (Å²) in [4.78, 5) is 17.1. The predicted molar refractivity (Wildman–Crippen MR) is 132 cm³/mol. The van der Waals surface area contributed by atoms with Crippen molar-refractivity contribution in [1.82, 2.24) is 14.6 Å². The maximum Gasteiger partial charge on any atom is 0.251 e. The zero-order valence-electron chi connectivity index (χ0n) is 19.8. The molecule has 2 aromatic carbocycles. The second-order valence-corrected chi connectivity index (χ2v) is 10.3. The highest BCUT2D eigenvalue weighted by atomic mass is 32.2. The van der Waals surface area contributed by atoms with Gasteiger partial charge in [0.2, 0.25) is 15.9 Å². The number of carbonyl (C=O) groups excluding carboxylic acids is 1. The number of benzene rings is 2. The average Bonchev–Trinajstić information content (AvgIpc) is 2.88. The van der Waals surface area contributed by atoms with Gasteiger partial charge >= 0.3 is 0 Å². The van der Waals surface area contributed by atoms with E-state index in [0.717, 1.165) is 24.8 Å². The van der Waals surface area contributed by atoms with Crippen LogP contribution in [0.15, 0.2) is 71.8 Å². The number of piperidine rings is 1. The summed E-state index contributed by atoms with van der Waals surface area (Å²) in [5.41, 5.74) is 1.19. The molecule has 1 unspecified atom stereocenters. The molecular weight excluding hydrogens is 466 g/mol. The Morgan fingerprint density at radius 3 is 2.54 bits per heavy atom. The molecule has 0 radical (unpaired) electrons. The highest BCUT2D eigenvalue weighted by Crippen LogP contribution is 2.26. The molecule has 1 fully saturated rings. The van der Waals surface area contributed by atoms with Gasteiger partial charge in [-0.3, -0.25) is 4.79 Å². The van der Waals surface area contributed by atoms with E-state index in [2.05, 4.69) is 10.3 Å². The minimum atomic E-state index is -3.57. The lowest BCUT2D eigenvalue weighted by molar-refractivity contribution is 0.0950. The second-order valence-electron chi connectivity index (χ2n) is 8.45. The molecule has 0 bridgehead atoms. The third-order valence-electron chi connectivity index (χ3n) is 5.98. The molecule has 184 valence electrons. The van der Waals surface area contributed by atoms with Gasteiger partial charge in [-0.15, -0.1) is 0 Å².